The van der Waals surface area contributed by atoms with E-state index in [1.54, 1.807) is 6.07 Å². The van der Waals surface area contributed by atoms with Crippen molar-refractivity contribution in [3.63, 3.8) is 0 Å². The second kappa shape index (κ2) is 5.13. The van der Waals surface area contributed by atoms with Crippen LogP contribution in [0.4, 0.5) is 4.39 Å². The third-order valence-electron chi connectivity index (χ3n) is 3.14. The maximum absolute atomic E-state index is 13.8. The quantitative estimate of drug-likeness (QED) is 0.415. The van der Waals surface area contributed by atoms with Gasteiger partial charge >= 0.3 is 0 Å². The summed E-state index contributed by atoms with van der Waals surface area (Å²) in [4.78, 5) is 3.10. The van der Waals surface area contributed by atoms with Crippen molar-refractivity contribution in [3.8, 4) is 5.69 Å². The van der Waals surface area contributed by atoms with E-state index in [1.165, 1.54) is 6.07 Å². The normalized spacial score (nSPS) is 11.2. The Morgan fingerprint density at radius 1 is 1.30 bits per heavy atom. The molecule has 0 aliphatic rings. The van der Waals surface area contributed by atoms with Crippen LogP contribution in [0.15, 0.2) is 30.3 Å². The van der Waals surface area contributed by atoms with Gasteiger partial charge in [-0.25, -0.2) is 4.39 Å². The van der Waals surface area contributed by atoms with Gasteiger partial charge in [-0.3, -0.25) is 4.57 Å². The summed E-state index contributed by atoms with van der Waals surface area (Å²) < 4.78 is 16.7. The van der Waals surface area contributed by atoms with Crippen molar-refractivity contribution in [3.05, 3.63) is 55.1 Å². The molecule has 1 heterocycles. The van der Waals surface area contributed by atoms with E-state index in [0.29, 0.717) is 18.9 Å². The number of nitrogens with one attached hydrogen (secondary N) is 1. The molecule has 0 atom stereocenters. The highest BCUT2D eigenvalue weighted by Crippen LogP contribution is 2.26. The minimum Gasteiger partial charge on any atom is -0.330 e. The predicted octanol–water partition coefficient (Wildman–Crippen LogP) is 5.39. The molecule has 0 amide bonds. The molecule has 2 aromatic carbocycles. The van der Waals surface area contributed by atoms with E-state index in [-0.39, 0.29) is 5.82 Å². The van der Waals surface area contributed by atoms with Gasteiger partial charge in [0.25, 0.3) is 0 Å². The minimum atomic E-state index is -0.263. The molecule has 0 aliphatic heterocycles. The zero-order valence-corrected chi connectivity index (χ0v) is 14.1. The number of hydrogen-bond acceptors (Lipinski definition) is 1. The van der Waals surface area contributed by atoms with Gasteiger partial charge in [-0.15, -0.1) is 0 Å². The van der Waals surface area contributed by atoms with Gasteiger partial charge in [0, 0.05) is 11.1 Å². The highest BCUT2D eigenvalue weighted by atomic mass is 127. The van der Waals surface area contributed by atoms with Crippen molar-refractivity contribution >= 4 is 57.4 Å². The molecule has 102 valence electrons. The number of nitrogens with zero attached hydrogens (tertiary/aromatic N) is 1. The predicted molar refractivity (Wildman–Crippen MR) is 90.9 cm³/mol. The number of H-pyrrole nitrogens is 1. The Hall–Kier alpha value is -0.920. The van der Waals surface area contributed by atoms with E-state index in [1.807, 2.05) is 52.3 Å². The fourth-order valence-electron chi connectivity index (χ4n) is 2.16. The summed E-state index contributed by atoms with van der Waals surface area (Å²) in [5.41, 5.74) is 3.39. The maximum atomic E-state index is 13.8. The number of aromatic amines is 1. The fraction of sp³-hybridized carbons (Fsp3) is 0.0714. The van der Waals surface area contributed by atoms with E-state index >= 15 is 0 Å². The SMILES string of the molecule is Cc1ccc(Cl)cc1-n1c(=S)[nH]c2cc(I)c(F)cc21. The molecule has 6 heteroatoms. The molecule has 0 bridgehead atoms. The van der Waals surface area contributed by atoms with E-state index in [0.717, 1.165) is 16.8 Å². The molecule has 0 aliphatic carbocycles. The number of fused-ring (bicyclic) bond motifs is 1. The Bertz CT molecular complexity index is 885. The molecule has 0 fully saturated rings. The first-order valence-corrected chi connectivity index (χ1v) is 7.70. The number of rotatable bonds is 1. The first kappa shape index (κ1) is 14.0. The Morgan fingerprint density at radius 3 is 2.80 bits per heavy atom. The number of benzene rings is 2. The lowest BCUT2D eigenvalue weighted by Gasteiger charge is -2.09. The van der Waals surface area contributed by atoms with Crippen LogP contribution in [0, 0.1) is 21.1 Å². The Kier molecular flexibility index (Phi) is 3.60. The van der Waals surface area contributed by atoms with Crippen LogP contribution in [0.1, 0.15) is 5.56 Å². The second-order valence-corrected chi connectivity index (χ2v) is 6.47. The number of halogens is 3. The van der Waals surface area contributed by atoms with Crippen LogP contribution in [0.5, 0.6) is 0 Å². The maximum Gasteiger partial charge on any atom is 0.182 e. The molecule has 3 rings (SSSR count). The van der Waals surface area contributed by atoms with Crippen LogP contribution < -0.4 is 0 Å². The van der Waals surface area contributed by atoms with Crippen molar-refractivity contribution in [2.24, 2.45) is 0 Å². The highest BCUT2D eigenvalue weighted by Gasteiger charge is 2.12. The van der Waals surface area contributed by atoms with Gasteiger partial charge in [-0.05, 0) is 65.5 Å². The van der Waals surface area contributed by atoms with Gasteiger partial charge in [0.15, 0.2) is 4.77 Å². The van der Waals surface area contributed by atoms with Gasteiger partial charge < -0.3 is 4.98 Å². The van der Waals surface area contributed by atoms with Crippen LogP contribution >= 0.6 is 46.4 Å². The fourth-order valence-corrected chi connectivity index (χ4v) is 3.10. The second-order valence-electron chi connectivity index (χ2n) is 4.48. The van der Waals surface area contributed by atoms with E-state index < -0.39 is 0 Å². The molecule has 2 nitrogen and oxygen atoms in total. The minimum absolute atomic E-state index is 0.263. The standard InChI is InChI=1S/C14H9ClFIN2S/c1-7-2-3-8(15)4-12(7)19-13-5-9(16)10(17)6-11(13)18-14(19)20/h2-6H,1H3,(H,18,20). The van der Waals surface area contributed by atoms with E-state index in [9.17, 15) is 4.39 Å². The first-order chi connectivity index (χ1) is 9.47. The van der Waals surface area contributed by atoms with Crippen molar-refractivity contribution in [1.82, 2.24) is 9.55 Å². The number of imidazole rings is 1. The number of aryl methyl sites for hydroxylation is 1. The van der Waals surface area contributed by atoms with Crippen LogP contribution in [0.3, 0.4) is 0 Å². The summed E-state index contributed by atoms with van der Waals surface area (Å²) in [5.74, 6) is -0.263. The molecule has 0 radical (unpaired) electrons. The van der Waals surface area contributed by atoms with Crippen LogP contribution in [-0.4, -0.2) is 9.55 Å². The van der Waals surface area contributed by atoms with E-state index in [2.05, 4.69) is 4.98 Å². The van der Waals surface area contributed by atoms with Crippen LogP contribution in [0.25, 0.3) is 16.7 Å². The zero-order valence-electron chi connectivity index (χ0n) is 10.4. The lowest BCUT2D eigenvalue weighted by Crippen LogP contribution is -1.97. The molecular weight excluding hydrogens is 410 g/mol. The summed E-state index contributed by atoms with van der Waals surface area (Å²) in [5, 5.41) is 0.618. The molecule has 0 saturated heterocycles. The molecule has 1 N–H and O–H groups in total. The first-order valence-electron chi connectivity index (χ1n) is 5.83. The highest BCUT2D eigenvalue weighted by molar-refractivity contribution is 14.1. The Labute approximate surface area is 138 Å². The third-order valence-corrected chi connectivity index (χ3v) is 4.48. The topological polar surface area (TPSA) is 20.7 Å². The number of aromatic nitrogens is 2. The summed E-state index contributed by atoms with van der Waals surface area (Å²) in [6.07, 6.45) is 0. The van der Waals surface area contributed by atoms with Crippen molar-refractivity contribution in [2.75, 3.05) is 0 Å². The summed E-state index contributed by atoms with van der Waals surface area (Å²) >= 11 is 13.4. The molecule has 0 spiro atoms. The van der Waals surface area contributed by atoms with Gasteiger partial charge in [0.2, 0.25) is 0 Å². The van der Waals surface area contributed by atoms with Gasteiger partial charge in [0.05, 0.1) is 20.3 Å². The molecular formula is C14H9ClFIN2S. The molecule has 0 saturated carbocycles. The number of hydrogen-bond donors (Lipinski definition) is 1. The lowest BCUT2D eigenvalue weighted by molar-refractivity contribution is 0.622. The molecule has 3 aromatic rings. The van der Waals surface area contributed by atoms with Crippen molar-refractivity contribution < 1.29 is 4.39 Å². The zero-order chi connectivity index (χ0) is 14.4. The monoisotopic (exact) mass is 418 g/mol. The molecule has 20 heavy (non-hydrogen) atoms. The smallest absolute Gasteiger partial charge is 0.182 e. The molecule has 0 unspecified atom stereocenters. The van der Waals surface area contributed by atoms with Gasteiger partial charge in [-0.1, -0.05) is 17.7 Å². The Morgan fingerprint density at radius 2 is 2.05 bits per heavy atom. The largest absolute Gasteiger partial charge is 0.330 e. The van der Waals surface area contributed by atoms with Crippen molar-refractivity contribution in [2.45, 2.75) is 6.92 Å². The molecule has 1 aromatic heterocycles. The lowest BCUT2D eigenvalue weighted by atomic mass is 10.2. The van der Waals surface area contributed by atoms with Crippen molar-refractivity contribution in [1.29, 1.82) is 0 Å². The Balaban J connectivity index is 2.42. The average molecular weight is 419 g/mol. The van der Waals surface area contributed by atoms with E-state index in [4.69, 9.17) is 23.8 Å². The summed E-state index contributed by atoms with van der Waals surface area (Å²) in [7, 11) is 0. The average Bonchev–Trinajstić information content (AvgIpc) is 2.69. The summed E-state index contributed by atoms with van der Waals surface area (Å²) in [6, 6.07) is 8.81. The summed E-state index contributed by atoms with van der Waals surface area (Å²) in [6.45, 7) is 1.97. The van der Waals surface area contributed by atoms with Gasteiger partial charge in [0.1, 0.15) is 5.82 Å². The third kappa shape index (κ3) is 2.27. The van der Waals surface area contributed by atoms with Crippen LogP contribution in [-0.2, 0) is 0 Å². The van der Waals surface area contributed by atoms with Gasteiger partial charge in [-0.2, -0.15) is 0 Å². The van der Waals surface area contributed by atoms with Crippen LogP contribution in [0.2, 0.25) is 5.02 Å².